The third-order valence-corrected chi connectivity index (χ3v) is 1.42. The molecule has 11 heavy (non-hydrogen) atoms. The van der Waals surface area contributed by atoms with Crippen LogP contribution in [0.4, 0.5) is 0 Å². The number of aromatic nitrogens is 1. The maximum atomic E-state index is 5.43. The van der Waals surface area contributed by atoms with Crippen LogP contribution in [0.25, 0.3) is 6.08 Å². The summed E-state index contributed by atoms with van der Waals surface area (Å²) < 4.78 is 0. The summed E-state index contributed by atoms with van der Waals surface area (Å²) >= 11 is 0. The second-order valence-electron chi connectivity index (χ2n) is 2.48. The van der Waals surface area contributed by atoms with Gasteiger partial charge < -0.3 is 5.73 Å². The lowest BCUT2D eigenvalue weighted by Gasteiger charge is -1.94. The summed E-state index contributed by atoms with van der Waals surface area (Å²) in [6, 6.07) is 3.92. The fraction of sp³-hybridized carbons (Fsp3) is 0.222. The molecule has 0 fully saturated rings. The first-order valence-corrected chi connectivity index (χ1v) is 3.60. The summed E-state index contributed by atoms with van der Waals surface area (Å²) in [7, 11) is 0. The van der Waals surface area contributed by atoms with E-state index in [9.17, 15) is 0 Å². The summed E-state index contributed by atoms with van der Waals surface area (Å²) in [5.41, 5.74) is 7.70. The van der Waals surface area contributed by atoms with Crippen LogP contribution >= 0.6 is 0 Å². The first kappa shape index (κ1) is 7.95. The van der Waals surface area contributed by atoms with Gasteiger partial charge in [0, 0.05) is 18.9 Å². The van der Waals surface area contributed by atoms with Crippen LogP contribution in [0, 0.1) is 0 Å². The molecule has 2 heteroatoms. The van der Waals surface area contributed by atoms with Crippen molar-refractivity contribution >= 4 is 6.08 Å². The van der Waals surface area contributed by atoms with Crippen molar-refractivity contribution in [3.05, 3.63) is 35.7 Å². The maximum absolute atomic E-state index is 5.43. The molecule has 0 unspecified atom stereocenters. The number of nitrogens with two attached hydrogens (primary N) is 1. The topological polar surface area (TPSA) is 38.9 Å². The molecule has 58 valence electrons. The highest BCUT2D eigenvalue weighted by atomic mass is 14.6. The SMILES string of the molecule is CC(=Cc1cccnc1)CN. The Hall–Kier alpha value is -1.15. The Labute approximate surface area is 66.8 Å². The van der Waals surface area contributed by atoms with Crippen molar-refractivity contribution in [2.75, 3.05) is 6.54 Å². The molecule has 0 saturated heterocycles. The van der Waals surface area contributed by atoms with Gasteiger partial charge in [0.2, 0.25) is 0 Å². The van der Waals surface area contributed by atoms with Gasteiger partial charge in [0.1, 0.15) is 0 Å². The monoisotopic (exact) mass is 148 g/mol. The fourth-order valence-electron chi connectivity index (χ4n) is 0.805. The van der Waals surface area contributed by atoms with Gasteiger partial charge in [0.25, 0.3) is 0 Å². The molecule has 0 aliphatic carbocycles. The van der Waals surface area contributed by atoms with E-state index in [4.69, 9.17) is 5.73 Å². The Morgan fingerprint density at radius 3 is 3.09 bits per heavy atom. The summed E-state index contributed by atoms with van der Waals surface area (Å²) in [5, 5.41) is 0. The molecule has 1 rings (SSSR count). The Balaban J connectivity index is 2.79. The lowest BCUT2D eigenvalue weighted by Crippen LogP contribution is -1.99. The fourth-order valence-corrected chi connectivity index (χ4v) is 0.805. The number of hydrogen-bond donors (Lipinski definition) is 1. The lowest BCUT2D eigenvalue weighted by molar-refractivity contribution is 1.15. The minimum absolute atomic E-state index is 0.606. The van der Waals surface area contributed by atoms with Crippen molar-refractivity contribution in [2.24, 2.45) is 5.73 Å². The van der Waals surface area contributed by atoms with Gasteiger partial charge in [0.15, 0.2) is 0 Å². The summed E-state index contributed by atoms with van der Waals surface area (Å²) in [6.45, 7) is 2.61. The summed E-state index contributed by atoms with van der Waals surface area (Å²) in [6.07, 6.45) is 5.61. The van der Waals surface area contributed by atoms with Crippen molar-refractivity contribution in [2.45, 2.75) is 6.92 Å². The molecule has 0 aliphatic rings. The first-order chi connectivity index (χ1) is 5.33. The Morgan fingerprint density at radius 2 is 2.55 bits per heavy atom. The predicted molar refractivity (Wildman–Crippen MR) is 46.9 cm³/mol. The van der Waals surface area contributed by atoms with Gasteiger partial charge in [0.05, 0.1) is 0 Å². The molecule has 0 saturated carbocycles. The van der Waals surface area contributed by atoms with Crippen LogP contribution in [-0.2, 0) is 0 Å². The average molecular weight is 148 g/mol. The van der Waals surface area contributed by atoms with Crippen molar-refractivity contribution in [3.63, 3.8) is 0 Å². The minimum Gasteiger partial charge on any atom is -0.327 e. The van der Waals surface area contributed by atoms with Crippen LogP contribution in [0.3, 0.4) is 0 Å². The summed E-state index contributed by atoms with van der Waals surface area (Å²) in [4.78, 5) is 3.99. The number of nitrogens with zero attached hydrogens (tertiary/aromatic N) is 1. The van der Waals surface area contributed by atoms with E-state index >= 15 is 0 Å². The lowest BCUT2D eigenvalue weighted by atomic mass is 10.2. The molecule has 0 aromatic carbocycles. The number of rotatable bonds is 2. The second kappa shape index (κ2) is 3.88. The highest BCUT2D eigenvalue weighted by Crippen LogP contribution is 2.02. The molecule has 1 aromatic rings. The standard InChI is InChI=1S/C9H12N2/c1-8(6-10)5-9-3-2-4-11-7-9/h2-5,7H,6,10H2,1H3. The molecule has 0 bridgehead atoms. The Kier molecular flexibility index (Phi) is 2.81. The van der Waals surface area contributed by atoms with E-state index in [2.05, 4.69) is 4.98 Å². The van der Waals surface area contributed by atoms with Crippen LogP contribution in [0.5, 0.6) is 0 Å². The van der Waals surface area contributed by atoms with Gasteiger partial charge in [-0.25, -0.2) is 0 Å². The van der Waals surface area contributed by atoms with E-state index in [1.165, 1.54) is 0 Å². The van der Waals surface area contributed by atoms with Crippen molar-refractivity contribution in [1.29, 1.82) is 0 Å². The van der Waals surface area contributed by atoms with Crippen LogP contribution in [0.1, 0.15) is 12.5 Å². The van der Waals surface area contributed by atoms with E-state index in [1.807, 2.05) is 31.3 Å². The molecule has 1 aromatic heterocycles. The molecular formula is C9H12N2. The maximum Gasteiger partial charge on any atom is 0.0340 e. The highest BCUT2D eigenvalue weighted by Gasteiger charge is 1.86. The van der Waals surface area contributed by atoms with Gasteiger partial charge in [-0.3, -0.25) is 4.98 Å². The molecule has 2 N–H and O–H groups in total. The molecule has 0 aliphatic heterocycles. The van der Waals surface area contributed by atoms with Gasteiger partial charge in [-0.1, -0.05) is 17.7 Å². The number of pyridine rings is 1. The van der Waals surface area contributed by atoms with Crippen LogP contribution in [0.15, 0.2) is 30.1 Å². The average Bonchev–Trinajstić information content (AvgIpc) is 2.06. The molecule has 2 nitrogen and oxygen atoms in total. The minimum atomic E-state index is 0.606. The smallest absolute Gasteiger partial charge is 0.0340 e. The van der Waals surface area contributed by atoms with Crippen molar-refractivity contribution in [3.8, 4) is 0 Å². The van der Waals surface area contributed by atoms with E-state index in [0.717, 1.165) is 11.1 Å². The molecule has 0 amide bonds. The van der Waals surface area contributed by atoms with Crippen LogP contribution < -0.4 is 5.73 Å². The largest absolute Gasteiger partial charge is 0.327 e. The zero-order valence-electron chi connectivity index (χ0n) is 6.62. The molecular weight excluding hydrogens is 136 g/mol. The molecule has 1 heterocycles. The Bertz CT molecular complexity index is 239. The van der Waals surface area contributed by atoms with E-state index in [0.29, 0.717) is 6.54 Å². The zero-order chi connectivity index (χ0) is 8.10. The second-order valence-corrected chi connectivity index (χ2v) is 2.48. The molecule has 0 atom stereocenters. The van der Waals surface area contributed by atoms with Gasteiger partial charge in [-0.2, -0.15) is 0 Å². The third-order valence-electron chi connectivity index (χ3n) is 1.42. The van der Waals surface area contributed by atoms with Gasteiger partial charge >= 0.3 is 0 Å². The van der Waals surface area contributed by atoms with Gasteiger partial charge in [-0.15, -0.1) is 0 Å². The third kappa shape index (κ3) is 2.51. The first-order valence-electron chi connectivity index (χ1n) is 3.60. The van der Waals surface area contributed by atoms with Crippen molar-refractivity contribution < 1.29 is 0 Å². The highest BCUT2D eigenvalue weighted by molar-refractivity contribution is 5.51. The van der Waals surface area contributed by atoms with Gasteiger partial charge in [-0.05, 0) is 18.6 Å². The number of hydrogen-bond acceptors (Lipinski definition) is 2. The normalized spacial score (nSPS) is 11.6. The van der Waals surface area contributed by atoms with Crippen LogP contribution in [0.2, 0.25) is 0 Å². The molecule has 0 spiro atoms. The molecule has 0 radical (unpaired) electrons. The van der Waals surface area contributed by atoms with E-state index in [1.54, 1.807) is 6.20 Å². The van der Waals surface area contributed by atoms with E-state index < -0.39 is 0 Å². The quantitative estimate of drug-likeness (QED) is 0.689. The summed E-state index contributed by atoms with van der Waals surface area (Å²) in [5.74, 6) is 0. The Morgan fingerprint density at radius 1 is 1.73 bits per heavy atom. The predicted octanol–water partition coefficient (Wildman–Crippen LogP) is 1.44. The zero-order valence-corrected chi connectivity index (χ0v) is 6.62. The van der Waals surface area contributed by atoms with Crippen LogP contribution in [-0.4, -0.2) is 11.5 Å². The van der Waals surface area contributed by atoms with Crippen molar-refractivity contribution in [1.82, 2.24) is 4.98 Å². The van der Waals surface area contributed by atoms with E-state index in [-0.39, 0.29) is 0 Å².